The van der Waals surface area contributed by atoms with Gasteiger partial charge in [-0.05, 0) is 24.6 Å². The lowest BCUT2D eigenvalue weighted by atomic mass is 9.99. The van der Waals surface area contributed by atoms with Crippen molar-refractivity contribution in [2.24, 2.45) is 5.92 Å². The van der Waals surface area contributed by atoms with Crippen molar-refractivity contribution in [1.29, 1.82) is 0 Å². The molecule has 13 nitrogen and oxygen atoms in total. The van der Waals surface area contributed by atoms with Gasteiger partial charge in [-0.3, -0.25) is 23.7 Å². The molecular weight excluding hydrogens is 545 g/mol. The number of nitrogens with one attached hydrogen (secondary N) is 2. The van der Waals surface area contributed by atoms with Gasteiger partial charge in [-0.25, -0.2) is 9.36 Å². The minimum absolute atomic E-state index is 0.00782. The van der Waals surface area contributed by atoms with E-state index in [1.165, 1.54) is 6.92 Å². The van der Waals surface area contributed by atoms with E-state index in [0.717, 1.165) is 22.4 Å². The predicted molar refractivity (Wildman–Crippen MR) is 141 cm³/mol. The highest BCUT2D eigenvalue weighted by atomic mass is 31.2. The maximum absolute atomic E-state index is 13.8. The SMILES string of the molecule is C[C@H](NP(=O)(OC[C@H]1O[C@@H](n2ccc(=O)[nH]c2=O)[C@H](O)[C@@H]1CO)Oc1ccccc1)C(=O)OCc1ccccc1. The van der Waals surface area contributed by atoms with E-state index in [9.17, 15) is 29.2 Å². The third-order valence-electron chi connectivity index (χ3n) is 6.17. The zero-order valence-corrected chi connectivity index (χ0v) is 22.4. The second-order valence-electron chi connectivity index (χ2n) is 9.06. The fraction of sp³-hybridized carbons (Fsp3) is 0.346. The van der Waals surface area contributed by atoms with E-state index >= 15 is 0 Å². The number of ether oxygens (including phenoxy) is 2. The number of carbonyl (C=O) groups is 1. The van der Waals surface area contributed by atoms with Crippen LogP contribution < -0.4 is 20.9 Å². The van der Waals surface area contributed by atoms with Gasteiger partial charge in [0.05, 0.1) is 19.3 Å². The zero-order valence-electron chi connectivity index (χ0n) is 21.5. The number of aromatic amines is 1. The smallest absolute Gasteiger partial charge is 0.459 e. The number of esters is 1. The number of aliphatic hydroxyl groups excluding tert-OH is 2. The minimum Gasteiger partial charge on any atom is -0.460 e. The molecule has 1 unspecified atom stereocenters. The lowest BCUT2D eigenvalue weighted by molar-refractivity contribution is -0.146. The number of aliphatic hydroxyl groups is 2. The van der Waals surface area contributed by atoms with Gasteiger partial charge < -0.3 is 24.2 Å². The number of rotatable bonds is 12. The Morgan fingerprint density at radius 3 is 2.45 bits per heavy atom. The molecule has 0 aliphatic carbocycles. The van der Waals surface area contributed by atoms with Crippen LogP contribution in [0.15, 0.2) is 82.5 Å². The second-order valence-corrected chi connectivity index (χ2v) is 10.8. The van der Waals surface area contributed by atoms with Crippen LogP contribution in [0.5, 0.6) is 5.75 Å². The molecule has 4 rings (SSSR count). The molecule has 0 bridgehead atoms. The fourth-order valence-electron chi connectivity index (χ4n) is 4.06. The highest BCUT2D eigenvalue weighted by Crippen LogP contribution is 2.46. The molecular formula is C26H30N3O10P. The Bertz CT molecular complexity index is 1430. The first-order chi connectivity index (χ1) is 19.2. The largest absolute Gasteiger partial charge is 0.460 e. The van der Waals surface area contributed by atoms with Crippen LogP contribution in [0, 0.1) is 5.92 Å². The van der Waals surface area contributed by atoms with Gasteiger partial charge in [-0.2, -0.15) is 5.09 Å². The average Bonchev–Trinajstić information content (AvgIpc) is 3.26. The zero-order chi connectivity index (χ0) is 28.7. The molecule has 1 aliphatic heterocycles. The van der Waals surface area contributed by atoms with Gasteiger partial charge in [-0.15, -0.1) is 0 Å². The summed E-state index contributed by atoms with van der Waals surface area (Å²) in [4.78, 5) is 38.4. The van der Waals surface area contributed by atoms with Gasteiger partial charge in [0.2, 0.25) is 0 Å². The van der Waals surface area contributed by atoms with Crippen molar-refractivity contribution in [2.45, 2.75) is 38.0 Å². The maximum atomic E-state index is 13.8. The molecule has 14 heteroatoms. The highest BCUT2D eigenvalue weighted by molar-refractivity contribution is 7.52. The number of benzene rings is 2. The van der Waals surface area contributed by atoms with E-state index in [2.05, 4.69) is 10.1 Å². The number of H-pyrrole nitrogens is 1. The Balaban J connectivity index is 1.47. The van der Waals surface area contributed by atoms with Gasteiger partial charge in [0.15, 0.2) is 6.23 Å². The molecule has 0 radical (unpaired) electrons. The van der Waals surface area contributed by atoms with Crippen LogP contribution in [-0.2, 0) is 30.0 Å². The molecule has 1 saturated heterocycles. The molecule has 4 N–H and O–H groups in total. The van der Waals surface area contributed by atoms with Crippen molar-refractivity contribution in [1.82, 2.24) is 14.6 Å². The summed E-state index contributed by atoms with van der Waals surface area (Å²) in [6.07, 6.45) is -2.51. The maximum Gasteiger partial charge on any atom is 0.459 e. The molecule has 214 valence electrons. The first-order valence-electron chi connectivity index (χ1n) is 12.4. The van der Waals surface area contributed by atoms with Crippen LogP contribution >= 0.6 is 7.75 Å². The molecule has 1 aromatic heterocycles. The summed E-state index contributed by atoms with van der Waals surface area (Å²) in [5, 5.41) is 23.2. The van der Waals surface area contributed by atoms with Crippen molar-refractivity contribution in [2.75, 3.05) is 13.2 Å². The summed E-state index contributed by atoms with van der Waals surface area (Å²) >= 11 is 0. The van der Waals surface area contributed by atoms with E-state index in [4.69, 9.17) is 18.5 Å². The lowest BCUT2D eigenvalue weighted by Crippen LogP contribution is -2.37. The van der Waals surface area contributed by atoms with Crippen LogP contribution in [0.4, 0.5) is 0 Å². The predicted octanol–water partition coefficient (Wildman–Crippen LogP) is 1.33. The second kappa shape index (κ2) is 13.2. The average molecular weight is 576 g/mol. The molecule has 2 heterocycles. The topological polar surface area (TPSA) is 178 Å². The van der Waals surface area contributed by atoms with Crippen molar-refractivity contribution in [3.63, 3.8) is 0 Å². The van der Waals surface area contributed by atoms with E-state index in [1.807, 2.05) is 6.07 Å². The lowest BCUT2D eigenvalue weighted by Gasteiger charge is -2.25. The summed E-state index contributed by atoms with van der Waals surface area (Å²) in [6.45, 7) is 0.430. The number of hydrogen-bond acceptors (Lipinski definition) is 10. The van der Waals surface area contributed by atoms with E-state index in [0.29, 0.717) is 0 Å². The number of aromatic nitrogens is 2. The Labute approximate surface area is 228 Å². The fourth-order valence-corrected chi connectivity index (χ4v) is 5.57. The van der Waals surface area contributed by atoms with Crippen molar-refractivity contribution in [3.05, 3.63) is 99.3 Å². The number of carbonyl (C=O) groups excluding carboxylic acids is 1. The number of hydrogen-bond donors (Lipinski definition) is 4. The van der Waals surface area contributed by atoms with Crippen molar-refractivity contribution >= 4 is 13.7 Å². The van der Waals surface area contributed by atoms with E-state index < -0.39 is 68.6 Å². The van der Waals surface area contributed by atoms with Crippen LogP contribution in [0.1, 0.15) is 18.7 Å². The first kappa shape index (κ1) is 29.4. The number of nitrogens with zero attached hydrogens (tertiary/aromatic N) is 1. The van der Waals surface area contributed by atoms with Crippen LogP contribution in [0.2, 0.25) is 0 Å². The number of para-hydroxylation sites is 1. The summed E-state index contributed by atoms with van der Waals surface area (Å²) in [5.74, 6) is -1.46. The van der Waals surface area contributed by atoms with Crippen molar-refractivity contribution in [3.8, 4) is 5.75 Å². The monoisotopic (exact) mass is 575 g/mol. The highest BCUT2D eigenvalue weighted by Gasteiger charge is 2.46. The first-order valence-corrected chi connectivity index (χ1v) is 14.0. The summed E-state index contributed by atoms with van der Waals surface area (Å²) in [6, 6.07) is 17.1. The molecule has 6 atom stereocenters. The van der Waals surface area contributed by atoms with Gasteiger partial charge in [0, 0.05) is 18.2 Å². The Kier molecular flexibility index (Phi) is 9.69. The molecule has 1 fully saturated rings. The molecule has 2 aromatic carbocycles. The molecule has 1 aliphatic rings. The summed E-state index contributed by atoms with van der Waals surface area (Å²) in [7, 11) is -4.27. The minimum atomic E-state index is -4.27. The Hall–Kier alpha value is -3.58. The van der Waals surface area contributed by atoms with Gasteiger partial charge >= 0.3 is 19.4 Å². The molecule has 3 aromatic rings. The quantitative estimate of drug-likeness (QED) is 0.181. The van der Waals surface area contributed by atoms with E-state index in [1.54, 1.807) is 54.6 Å². The molecule has 40 heavy (non-hydrogen) atoms. The molecule has 0 amide bonds. The van der Waals surface area contributed by atoms with Crippen LogP contribution in [-0.4, -0.2) is 57.2 Å². The van der Waals surface area contributed by atoms with Gasteiger partial charge in [0.1, 0.15) is 24.5 Å². The van der Waals surface area contributed by atoms with Crippen molar-refractivity contribution < 1.29 is 38.1 Å². The Morgan fingerprint density at radius 1 is 1.12 bits per heavy atom. The van der Waals surface area contributed by atoms with Gasteiger partial charge in [0.25, 0.3) is 5.56 Å². The third kappa shape index (κ3) is 7.33. The third-order valence-corrected chi connectivity index (χ3v) is 7.81. The van der Waals surface area contributed by atoms with E-state index in [-0.39, 0.29) is 12.4 Å². The normalized spacial score (nSPS) is 22.8. The van der Waals surface area contributed by atoms with Crippen LogP contribution in [0.25, 0.3) is 0 Å². The Morgan fingerprint density at radius 2 is 1.80 bits per heavy atom. The van der Waals surface area contributed by atoms with Gasteiger partial charge in [-0.1, -0.05) is 48.5 Å². The standard InChI is InChI=1S/C26H30N3O10P/c1-17(25(33)36-15-18-8-4-2-5-9-18)28-40(35,39-19-10-6-3-7-11-19)37-16-21-20(14-30)23(32)24(38-21)29-13-12-22(31)27-26(29)34/h2-13,17,20-21,23-24,30,32H,14-16H2,1H3,(H,28,35)(H,27,31,34)/t17-,20+,21+,23+,24+,40?/m0/s1. The summed E-state index contributed by atoms with van der Waals surface area (Å²) < 4.78 is 37.1. The summed E-state index contributed by atoms with van der Waals surface area (Å²) in [5.41, 5.74) is -0.683. The molecule has 0 spiro atoms. The molecule has 0 saturated carbocycles. The van der Waals surface area contributed by atoms with Crippen LogP contribution in [0.3, 0.4) is 0 Å².